The van der Waals surface area contributed by atoms with E-state index in [1.165, 1.54) is 0 Å². The second-order valence-corrected chi connectivity index (χ2v) is 5.89. The van der Waals surface area contributed by atoms with Crippen LogP contribution in [0.3, 0.4) is 0 Å². The maximum atomic E-state index is 12.5. The summed E-state index contributed by atoms with van der Waals surface area (Å²) in [5.74, 6) is -0.243. The van der Waals surface area contributed by atoms with Gasteiger partial charge in [-0.05, 0) is 31.5 Å². The second kappa shape index (κ2) is 9.91. The number of halogens is 2. The third kappa shape index (κ3) is 5.04. The summed E-state index contributed by atoms with van der Waals surface area (Å²) < 4.78 is 5.61. The van der Waals surface area contributed by atoms with E-state index in [2.05, 4.69) is 15.6 Å². The van der Waals surface area contributed by atoms with E-state index in [1.54, 1.807) is 12.4 Å². The lowest BCUT2D eigenvalue weighted by atomic mass is 9.98. The van der Waals surface area contributed by atoms with Gasteiger partial charge in [0.1, 0.15) is 6.61 Å². The molecule has 2 heterocycles. The number of amides is 2. The standard InChI is InChI=1S/C16H22N4O3.2ClH/c1-17-7-8-19-16(22)15-14(11-3-2-6-18-9-11)20(12-4-5-12)13(21)10-23-15;;/h2-3,6,9,12,14-15,17H,4-5,7-8,10H2,1H3,(H,19,22);2*1H/t14-,15+;;/m1../s1. The van der Waals surface area contributed by atoms with Crippen molar-refractivity contribution in [3.63, 3.8) is 0 Å². The molecule has 0 spiro atoms. The minimum absolute atomic E-state index is 0. The average Bonchev–Trinajstić information content (AvgIpc) is 3.40. The molecule has 1 saturated heterocycles. The molecule has 2 fully saturated rings. The van der Waals surface area contributed by atoms with Gasteiger partial charge in [0.05, 0.1) is 6.04 Å². The number of carbonyl (C=O) groups excluding carboxylic acids is 2. The molecule has 7 nitrogen and oxygen atoms in total. The number of hydrogen-bond donors (Lipinski definition) is 2. The van der Waals surface area contributed by atoms with Crippen LogP contribution in [-0.4, -0.2) is 60.6 Å². The fraction of sp³-hybridized carbons (Fsp3) is 0.562. The molecule has 2 N–H and O–H groups in total. The van der Waals surface area contributed by atoms with Crippen molar-refractivity contribution in [2.45, 2.75) is 31.0 Å². The molecular formula is C16H24Cl2N4O3. The highest BCUT2D eigenvalue weighted by atomic mass is 35.5. The highest BCUT2D eigenvalue weighted by molar-refractivity contribution is 5.86. The van der Waals surface area contributed by atoms with Gasteiger partial charge in [-0.2, -0.15) is 0 Å². The van der Waals surface area contributed by atoms with E-state index in [0.717, 1.165) is 18.4 Å². The number of pyridine rings is 1. The molecule has 9 heteroatoms. The molecule has 1 aliphatic heterocycles. The number of likely N-dealkylation sites (N-methyl/N-ethyl adjacent to an activating group) is 1. The summed E-state index contributed by atoms with van der Waals surface area (Å²) in [7, 11) is 1.83. The number of aromatic nitrogens is 1. The van der Waals surface area contributed by atoms with Crippen molar-refractivity contribution in [3.05, 3.63) is 30.1 Å². The van der Waals surface area contributed by atoms with Gasteiger partial charge >= 0.3 is 0 Å². The van der Waals surface area contributed by atoms with Crippen molar-refractivity contribution in [3.8, 4) is 0 Å². The van der Waals surface area contributed by atoms with Gasteiger partial charge in [-0.25, -0.2) is 0 Å². The van der Waals surface area contributed by atoms with Crippen molar-refractivity contribution >= 4 is 36.6 Å². The van der Waals surface area contributed by atoms with Crippen LogP contribution in [0, 0.1) is 0 Å². The van der Waals surface area contributed by atoms with E-state index in [0.29, 0.717) is 13.1 Å². The first kappa shape index (κ1) is 21.6. The zero-order chi connectivity index (χ0) is 16.2. The number of morpholine rings is 1. The first-order valence-corrected chi connectivity index (χ1v) is 7.97. The molecule has 1 aliphatic carbocycles. The fourth-order valence-electron chi connectivity index (χ4n) is 2.93. The monoisotopic (exact) mass is 390 g/mol. The lowest BCUT2D eigenvalue weighted by Crippen LogP contribution is -2.55. The summed E-state index contributed by atoms with van der Waals surface area (Å²) in [6, 6.07) is 3.51. The molecule has 1 saturated carbocycles. The van der Waals surface area contributed by atoms with Gasteiger partial charge in [-0.1, -0.05) is 6.07 Å². The topological polar surface area (TPSA) is 83.6 Å². The summed E-state index contributed by atoms with van der Waals surface area (Å²) in [5.41, 5.74) is 0.834. The van der Waals surface area contributed by atoms with Crippen LogP contribution >= 0.6 is 24.8 Å². The van der Waals surface area contributed by atoms with Crippen LogP contribution in [0.4, 0.5) is 0 Å². The molecule has 0 radical (unpaired) electrons. The maximum Gasteiger partial charge on any atom is 0.251 e. The molecule has 0 unspecified atom stereocenters. The van der Waals surface area contributed by atoms with Gasteiger partial charge in [0.15, 0.2) is 6.10 Å². The molecular weight excluding hydrogens is 367 g/mol. The molecule has 2 aliphatic rings. The van der Waals surface area contributed by atoms with E-state index in [4.69, 9.17) is 4.74 Å². The Balaban J connectivity index is 0.00000156. The first-order chi connectivity index (χ1) is 11.2. The summed E-state index contributed by atoms with van der Waals surface area (Å²) >= 11 is 0. The SMILES string of the molecule is CNCCNC(=O)[C@H]1OCC(=O)N(C2CC2)[C@@H]1c1cccnc1.Cl.Cl. The van der Waals surface area contributed by atoms with E-state index in [1.807, 2.05) is 24.1 Å². The van der Waals surface area contributed by atoms with E-state index >= 15 is 0 Å². The predicted octanol–water partition coefficient (Wildman–Crippen LogP) is 0.692. The van der Waals surface area contributed by atoms with Crippen LogP contribution in [-0.2, 0) is 14.3 Å². The Hall–Kier alpha value is -1.41. The number of nitrogens with one attached hydrogen (secondary N) is 2. The third-order valence-corrected chi connectivity index (χ3v) is 4.16. The van der Waals surface area contributed by atoms with Crippen LogP contribution in [0.25, 0.3) is 0 Å². The van der Waals surface area contributed by atoms with Gasteiger partial charge < -0.3 is 20.3 Å². The van der Waals surface area contributed by atoms with Crippen LogP contribution in [0.2, 0.25) is 0 Å². The van der Waals surface area contributed by atoms with Crippen molar-refractivity contribution in [1.82, 2.24) is 20.5 Å². The summed E-state index contributed by atoms with van der Waals surface area (Å²) in [6.07, 6.45) is 4.65. The number of nitrogens with zero attached hydrogens (tertiary/aromatic N) is 2. The fourth-order valence-corrected chi connectivity index (χ4v) is 2.93. The first-order valence-electron chi connectivity index (χ1n) is 7.97. The Bertz CT molecular complexity index is 572. The number of ether oxygens (including phenoxy) is 1. The maximum absolute atomic E-state index is 12.5. The number of hydrogen-bond acceptors (Lipinski definition) is 5. The van der Waals surface area contributed by atoms with Crippen LogP contribution in [0.1, 0.15) is 24.4 Å². The number of carbonyl (C=O) groups is 2. The van der Waals surface area contributed by atoms with Crippen LogP contribution in [0.5, 0.6) is 0 Å². The van der Waals surface area contributed by atoms with Crippen molar-refractivity contribution in [2.24, 2.45) is 0 Å². The Morgan fingerprint density at radius 2 is 2.12 bits per heavy atom. The Kier molecular flexibility index (Phi) is 8.58. The van der Waals surface area contributed by atoms with E-state index in [9.17, 15) is 9.59 Å². The minimum Gasteiger partial charge on any atom is -0.356 e. The molecule has 25 heavy (non-hydrogen) atoms. The Morgan fingerprint density at radius 1 is 1.36 bits per heavy atom. The van der Waals surface area contributed by atoms with Crippen LogP contribution < -0.4 is 10.6 Å². The van der Waals surface area contributed by atoms with Gasteiger partial charge in [0, 0.05) is 31.5 Å². The van der Waals surface area contributed by atoms with Gasteiger partial charge in [-0.15, -0.1) is 24.8 Å². The molecule has 140 valence electrons. The molecule has 0 aromatic carbocycles. The molecule has 0 bridgehead atoms. The molecule has 1 aromatic heterocycles. The molecule has 1 aromatic rings. The molecule has 2 atom stereocenters. The Labute approximate surface area is 159 Å². The highest BCUT2D eigenvalue weighted by Gasteiger charge is 2.47. The highest BCUT2D eigenvalue weighted by Crippen LogP contribution is 2.39. The van der Waals surface area contributed by atoms with Crippen LogP contribution in [0.15, 0.2) is 24.5 Å². The van der Waals surface area contributed by atoms with Crippen molar-refractivity contribution in [2.75, 3.05) is 26.7 Å². The van der Waals surface area contributed by atoms with Crippen molar-refractivity contribution < 1.29 is 14.3 Å². The zero-order valence-electron chi connectivity index (χ0n) is 14.0. The van der Waals surface area contributed by atoms with E-state index < -0.39 is 12.1 Å². The smallest absolute Gasteiger partial charge is 0.251 e. The minimum atomic E-state index is -0.700. The van der Waals surface area contributed by atoms with Gasteiger partial charge in [0.25, 0.3) is 5.91 Å². The normalized spacial score (nSPS) is 22.6. The summed E-state index contributed by atoms with van der Waals surface area (Å²) in [4.78, 5) is 30.8. The lowest BCUT2D eigenvalue weighted by Gasteiger charge is -2.40. The molecule has 2 amide bonds. The predicted molar refractivity (Wildman–Crippen MR) is 98.0 cm³/mol. The van der Waals surface area contributed by atoms with Gasteiger partial charge in [0.2, 0.25) is 5.91 Å². The summed E-state index contributed by atoms with van der Waals surface area (Å²) in [5, 5.41) is 5.85. The van der Waals surface area contributed by atoms with Gasteiger partial charge in [-0.3, -0.25) is 14.6 Å². The average molecular weight is 391 g/mol. The van der Waals surface area contributed by atoms with E-state index in [-0.39, 0.29) is 49.3 Å². The quantitative estimate of drug-likeness (QED) is 0.698. The Morgan fingerprint density at radius 3 is 2.72 bits per heavy atom. The lowest BCUT2D eigenvalue weighted by molar-refractivity contribution is -0.165. The summed E-state index contributed by atoms with van der Waals surface area (Å²) in [6.45, 7) is 1.16. The number of rotatable bonds is 6. The molecule has 3 rings (SSSR count). The largest absolute Gasteiger partial charge is 0.356 e. The second-order valence-electron chi connectivity index (χ2n) is 5.89. The zero-order valence-corrected chi connectivity index (χ0v) is 15.6. The van der Waals surface area contributed by atoms with Crippen molar-refractivity contribution in [1.29, 1.82) is 0 Å². The third-order valence-electron chi connectivity index (χ3n) is 4.16.